The summed E-state index contributed by atoms with van der Waals surface area (Å²) >= 11 is 0. The number of carbonyl (C=O) groups excluding carboxylic acids is 1. The molecule has 1 heterocycles. The van der Waals surface area contributed by atoms with Gasteiger partial charge >= 0.3 is 5.97 Å². The number of benzene rings is 1. The average molecular weight is 371 g/mol. The van der Waals surface area contributed by atoms with Crippen molar-refractivity contribution in [1.82, 2.24) is 15.1 Å². The summed E-state index contributed by atoms with van der Waals surface area (Å²) in [5.41, 5.74) is 5.40. The number of amides is 1. The zero-order valence-corrected chi connectivity index (χ0v) is 16.7. The van der Waals surface area contributed by atoms with Crippen LogP contribution < -0.4 is 5.32 Å². The van der Waals surface area contributed by atoms with Crippen molar-refractivity contribution in [2.45, 2.75) is 60.0 Å². The van der Waals surface area contributed by atoms with Crippen molar-refractivity contribution < 1.29 is 14.7 Å². The summed E-state index contributed by atoms with van der Waals surface area (Å²) in [6, 6.07) is 7.50. The molecule has 1 amide bonds. The number of carbonyl (C=O) groups is 2. The minimum Gasteiger partial charge on any atom is -0.480 e. The van der Waals surface area contributed by atoms with E-state index in [1.807, 2.05) is 18.5 Å². The predicted octanol–water partition coefficient (Wildman–Crippen LogP) is 3.01. The summed E-state index contributed by atoms with van der Waals surface area (Å²) < 4.78 is 1.96. The molecule has 0 spiro atoms. The Kier molecular flexibility index (Phi) is 6.77. The molecule has 0 bridgehead atoms. The summed E-state index contributed by atoms with van der Waals surface area (Å²) in [6.07, 6.45) is 0.788. The van der Waals surface area contributed by atoms with Gasteiger partial charge in [0.05, 0.1) is 12.2 Å². The van der Waals surface area contributed by atoms with Gasteiger partial charge in [0.1, 0.15) is 6.04 Å². The van der Waals surface area contributed by atoms with Gasteiger partial charge in [-0.05, 0) is 44.2 Å². The van der Waals surface area contributed by atoms with Crippen molar-refractivity contribution >= 4 is 11.9 Å². The van der Waals surface area contributed by atoms with E-state index in [-0.39, 0.29) is 18.2 Å². The first-order chi connectivity index (χ1) is 12.7. The number of nitrogens with one attached hydrogen (secondary N) is 1. The van der Waals surface area contributed by atoms with Gasteiger partial charge in [0.2, 0.25) is 5.91 Å². The van der Waals surface area contributed by atoms with Crippen LogP contribution in [0.5, 0.6) is 0 Å². The number of hydrogen-bond donors (Lipinski definition) is 2. The number of aromatic nitrogens is 2. The number of hydrogen-bond acceptors (Lipinski definition) is 3. The van der Waals surface area contributed by atoms with Crippen LogP contribution in [0.4, 0.5) is 0 Å². The molecule has 0 unspecified atom stereocenters. The third-order valence-corrected chi connectivity index (χ3v) is 4.84. The Balaban J connectivity index is 2.02. The van der Waals surface area contributed by atoms with Crippen LogP contribution in [-0.4, -0.2) is 32.8 Å². The molecule has 2 rings (SSSR count). The second kappa shape index (κ2) is 8.84. The quantitative estimate of drug-likeness (QED) is 0.747. The first-order valence-electron chi connectivity index (χ1n) is 9.29. The smallest absolute Gasteiger partial charge is 0.326 e. The molecule has 2 aromatic rings. The molecular formula is C21H29N3O3. The lowest BCUT2D eigenvalue weighted by molar-refractivity contribution is -0.143. The standard InChI is InChI=1S/C21H29N3O3/c1-13(2)20(21(26)27)22-19(25)11-10-18-15(4)23-24(16(18)5)12-17-8-6-14(3)7-9-17/h6-9,13,20H,10-12H2,1-5H3,(H,22,25)(H,26,27)/t20-/m1/s1. The topological polar surface area (TPSA) is 84.2 Å². The van der Waals surface area contributed by atoms with Crippen molar-refractivity contribution in [2.75, 3.05) is 0 Å². The van der Waals surface area contributed by atoms with E-state index in [4.69, 9.17) is 0 Å². The molecule has 1 atom stereocenters. The molecule has 6 nitrogen and oxygen atoms in total. The Morgan fingerprint density at radius 3 is 2.33 bits per heavy atom. The largest absolute Gasteiger partial charge is 0.480 e. The lowest BCUT2D eigenvalue weighted by Crippen LogP contribution is -2.44. The Hall–Kier alpha value is -2.63. The first kappa shape index (κ1) is 20.7. The first-order valence-corrected chi connectivity index (χ1v) is 9.29. The Morgan fingerprint density at radius 1 is 1.15 bits per heavy atom. The summed E-state index contributed by atoms with van der Waals surface area (Å²) in [5.74, 6) is -1.41. The highest BCUT2D eigenvalue weighted by Gasteiger charge is 2.23. The van der Waals surface area contributed by atoms with E-state index >= 15 is 0 Å². The van der Waals surface area contributed by atoms with E-state index in [0.29, 0.717) is 13.0 Å². The fraction of sp³-hybridized carbons (Fsp3) is 0.476. The SMILES string of the molecule is Cc1ccc(Cn2nc(C)c(CCC(=O)N[C@@H](C(=O)O)C(C)C)c2C)cc1. The van der Waals surface area contributed by atoms with Crippen LogP contribution in [0.25, 0.3) is 0 Å². The highest BCUT2D eigenvalue weighted by Crippen LogP contribution is 2.17. The summed E-state index contributed by atoms with van der Waals surface area (Å²) in [6.45, 7) is 10.3. The molecular weight excluding hydrogens is 342 g/mol. The van der Waals surface area contributed by atoms with Crippen molar-refractivity contribution in [3.8, 4) is 0 Å². The Labute approximate surface area is 160 Å². The lowest BCUT2D eigenvalue weighted by Gasteiger charge is -2.17. The van der Waals surface area contributed by atoms with Crippen LogP contribution in [0.15, 0.2) is 24.3 Å². The number of carboxylic acid groups (broad SMARTS) is 1. The van der Waals surface area contributed by atoms with Crippen LogP contribution in [-0.2, 0) is 22.6 Å². The van der Waals surface area contributed by atoms with E-state index in [2.05, 4.69) is 41.6 Å². The maximum Gasteiger partial charge on any atom is 0.326 e. The third kappa shape index (κ3) is 5.42. The minimum atomic E-state index is -1.00. The van der Waals surface area contributed by atoms with Crippen molar-refractivity contribution in [3.05, 3.63) is 52.3 Å². The molecule has 2 N–H and O–H groups in total. The number of nitrogens with zero attached hydrogens (tertiary/aromatic N) is 2. The molecule has 0 radical (unpaired) electrons. The van der Waals surface area contributed by atoms with Gasteiger partial charge in [-0.15, -0.1) is 0 Å². The van der Waals surface area contributed by atoms with Crippen LogP contribution >= 0.6 is 0 Å². The molecule has 146 valence electrons. The van der Waals surface area contributed by atoms with E-state index in [0.717, 1.165) is 17.0 Å². The van der Waals surface area contributed by atoms with Gasteiger partial charge in [0.15, 0.2) is 0 Å². The molecule has 0 saturated carbocycles. The normalized spacial score (nSPS) is 12.2. The summed E-state index contributed by atoms with van der Waals surface area (Å²) in [7, 11) is 0. The van der Waals surface area contributed by atoms with E-state index in [9.17, 15) is 14.7 Å². The Bertz CT molecular complexity index is 807. The fourth-order valence-electron chi connectivity index (χ4n) is 3.11. The zero-order valence-electron chi connectivity index (χ0n) is 16.7. The minimum absolute atomic E-state index is 0.160. The molecule has 0 fully saturated rings. The van der Waals surface area contributed by atoms with Crippen molar-refractivity contribution in [2.24, 2.45) is 5.92 Å². The number of aryl methyl sites for hydroxylation is 2. The molecule has 0 saturated heterocycles. The number of carboxylic acids is 1. The zero-order chi connectivity index (χ0) is 20.1. The van der Waals surface area contributed by atoms with Gasteiger partial charge in [-0.1, -0.05) is 43.7 Å². The van der Waals surface area contributed by atoms with Crippen LogP contribution in [0.1, 0.15) is 48.3 Å². The summed E-state index contributed by atoms with van der Waals surface area (Å²) in [4.78, 5) is 23.4. The second-order valence-electron chi connectivity index (χ2n) is 7.42. The second-order valence-corrected chi connectivity index (χ2v) is 7.42. The molecule has 6 heteroatoms. The highest BCUT2D eigenvalue weighted by atomic mass is 16.4. The summed E-state index contributed by atoms with van der Waals surface area (Å²) in [5, 5.41) is 16.4. The van der Waals surface area contributed by atoms with Gasteiger partial charge in [0, 0.05) is 12.1 Å². The van der Waals surface area contributed by atoms with Gasteiger partial charge in [-0.3, -0.25) is 9.48 Å². The highest BCUT2D eigenvalue weighted by molar-refractivity contribution is 5.83. The van der Waals surface area contributed by atoms with E-state index in [1.165, 1.54) is 11.1 Å². The fourth-order valence-corrected chi connectivity index (χ4v) is 3.11. The third-order valence-electron chi connectivity index (χ3n) is 4.84. The molecule has 27 heavy (non-hydrogen) atoms. The van der Waals surface area contributed by atoms with Gasteiger partial charge in [0.25, 0.3) is 0 Å². The lowest BCUT2D eigenvalue weighted by atomic mass is 10.0. The number of aliphatic carboxylic acids is 1. The predicted molar refractivity (Wildman–Crippen MR) is 105 cm³/mol. The van der Waals surface area contributed by atoms with E-state index in [1.54, 1.807) is 13.8 Å². The van der Waals surface area contributed by atoms with Crippen LogP contribution in [0, 0.1) is 26.7 Å². The number of rotatable bonds is 8. The van der Waals surface area contributed by atoms with Crippen molar-refractivity contribution in [3.63, 3.8) is 0 Å². The maximum atomic E-state index is 12.2. The van der Waals surface area contributed by atoms with Crippen LogP contribution in [0.2, 0.25) is 0 Å². The molecule has 0 aliphatic rings. The molecule has 0 aliphatic carbocycles. The van der Waals surface area contributed by atoms with Crippen LogP contribution in [0.3, 0.4) is 0 Å². The van der Waals surface area contributed by atoms with Gasteiger partial charge in [-0.25, -0.2) is 4.79 Å². The van der Waals surface area contributed by atoms with E-state index < -0.39 is 12.0 Å². The molecule has 1 aromatic carbocycles. The average Bonchev–Trinajstić information content (AvgIpc) is 2.86. The Morgan fingerprint density at radius 2 is 1.78 bits per heavy atom. The van der Waals surface area contributed by atoms with Crippen molar-refractivity contribution in [1.29, 1.82) is 0 Å². The van der Waals surface area contributed by atoms with Gasteiger partial charge < -0.3 is 10.4 Å². The molecule has 1 aromatic heterocycles. The van der Waals surface area contributed by atoms with Gasteiger partial charge in [-0.2, -0.15) is 5.10 Å². The monoisotopic (exact) mass is 371 g/mol. The molecule has 0 aliphatic heterocycles. The maximum absolute atomic E-state index is 12.2.